The van der Waals surface area contributed by atoms with E-state index in [0.29, 0.717) is 0 Å². The molecule has 0 fully saturated rings. The molecule has 0 aromatic carbocycles. The largest absolute Gasteiger partial charge is 0.266 e. The first-order valence-corrected chi connectivity index (χ1v) is 3.90. The van der Waals surface area contributed by atoms with E-state index in [2.05, 4.69) is 4.18 Å². The fourth-order valence-corrected chi connectivity index (χ4v) is 0.557. The van der Waals surface area contributed by atoms with Crippen molar-refractivity contribution in [3.63, 3.8) is 0 Å². The molecule has 0 saturated carbocycles. The molecule has 0 spiro atoms. The fourth-order valence-electron chi connectivity index (χ4n) is 0.250. The predicted molar refractivity (Wildman–Crippen MR) is 35.2 cm³/mol. The Bertz CT molecular complexity index is 122. The highest BCUT2D eigenvalue weighted by Crippen LogP contribution is 2.04. The van der Waals surface area contributed by atoms with Crippen LogP contribution in [0.5, 0.6) is 0 Å². The topological polar surface area (TPSA) is 43.4 Å². The summed E-state index contributed by atoms with van der Waals surface area (Å²) in [5.41, 5.74) is 0. The Morgan fingerprint density at radius 1 is 1.67 bits per heavy atom. The van der Waals surface area contributed by atoms with E-state index >= 15 is 0 Å². The van der Waals surface area contributed by atoms with Gasteiger partial charge in [0.25, 0.3) is 11.0 Å². The summed E-state index contributed by atoms with van der Waals surface area (Å²) in [5.74, 6) is 0.206. The van der Waals surface area contributed by atoms with E-state index in [-0.39, 0.29) is 5.92 Å². The highest BCUT2D eigenvalue weighted by molar-refractivity contribution is 7.67. The molecular weight excluding hydrogens is 140 g/mol. The maximum Gasteiger partial charge on any atom is 0.257 e. The maximum absolute atomic E-state index is 9.80. The molecule has 1 radical (unpaired) electrons. The zero-order valence-corrected chi connectivity index (χ0v) is 6.43. The summed E-state index contributed by atoms with van der Waals surface area (Å²) >= 11 is 0. The Morgan fingerprint density at radius 3 is 2.56 bits per heavy atom. The van der Waals surface area contributed by atoms with Crippen molar-refractivity contribution in [1.29, 1.82) is 0 Å². The Labute approximate surface area is 57.2 Å². The molecule has 1 atom stereocenters. The van der Waals surface area contributed by atoms with Gasteiger partial charge in [0.15, 0.2) is 0 Å². The molecule has 0 rings (SSSR count). The van der Waals surface area contributed by atoms with E-state index in [1.807, 2.05) is 13.8 Å². The van der Waals surface area contributed by atoms with Crippen molar-refractivity contribution in [2.45, 2.75) is 20.3 Å². The van der Waals surface area contributed by atoms with Crippen molar-refractivity contribution >= 4 is 11.0 Å². The zero-order valence-electron chi connectivity index (χ0n) is 5.53. The fraction of sp³-hybridized carbons (Fsp3) is 0.800. The zero-order chi connectivity index (χ0) is 7.28. The van der Waals surface area contributed by atoms with E-state index < -0.39 is 11.0 Å². The van der Waals surface area contributed by atoms with Crippen LogP contribution < -0.4 is 0 Å². The molecule has 4 heteroatoms. The summed E-state index contributed by atoms with van der Waals surface area (Å²) in [6, 6.07) is 0. The van der Waals surface area contributed by atoms with Crippen molar-refractivity contribution in [1.82, 2.24) is 0 Å². The molecule has 0 aromatic rings. The van der Waals surface area contributed by atoms with Gasteiger partial charge in [-0.15, -0.1) is 0 Å². The van der Waals surface area contributed by atoms with Gasteiger partial charge < -0.3 is 0 Å². The third-order valence-electron chi connectivity index (χ3n) is 1.02. The maximum atomic E-state index is 9.80. The lowest BCUT2D eigenvalue weighted by molar-refractivity contribution is 0.351. The summed E-state index contributed by atoms with van der Waals surface area (Å²) < 4.78 is 23.8. The molecule has 0 saturated heterocycles. The van der Waals surface area contributed by atoms with E-state index in [1.54, 1.807) is 0 Å². The number of thiol groups is 1. The van der Waals surface area contributed by atoms with Crippen LogP contribution >= 0.6 is 0 Å². The number of hydrogen-bond acceptors (Lipinski definition) is 3. The second kappa shape index (κ2) is 4.76. The minimum absolute atomic E-state index is 0.206. The molecule has 0 amide bonds. The normalized spacial score (nSPS) is 14.1. The third-order valence-corrected chi connectivity index (χ3v) is 1.32. The predicted octanol–water partition coefficient (Wildman–Crippen LogP) is 0.737. The second-order valence-electron chi connectivity index (χ2n) is 1.85. The molecule has 55 valence electrons. The van der Waals surface area contributed by atoms with Gasteiger partial charge in [0.05, 0.1) is 0 Å². The third kappa shape index (κ3) is 5.79. The van der Waals surface area contributed by atoms with E-state index in [1.165, 1.54) is 6.61 Å². The highest BCUT2D eigenvalue weighted by atomic mass is 32.2. The lowest BCUT2D eigenvalue weighted by Crippen LogP contribution is -1.95. The van der Waals surface area contributed by atoms with Gasteiger partial charge >= 0.3 is 0 Å². The lowest BCUT2D eigenvalue weighted by atomic mass is 10.1. The molecule has 1 unspecified atom stereocenters. The Balaban J connectivity index is 3.27. The van der Waals surface area contributed by atoms with Gasteiger partial charge in [0.1, 0.15) is 6.61 Å². The second-order valence-corrected chi connectivity index (χ2v) is 2.51. The summed E-state index contributed by atoms with van der Waals surface area (Å²) in [7, 11) is -2.69. The van der Waals surface area contributed by atoms with Gasteiger partial charge in [0.2, 0.25) is 0 Å². The average Bonchev–Trinajstić information content (AvgIpc) is 1.83. The van der Waals surface area contributed by atoms with Crippen molar-refractivity contribution in [2.75, 3.05) is 0 Å². The highest BCUT2D eigenvalue weighted by Gasteiger charge is 1.98. The van der Waals surface area contributed by atoms with E-state index in [9.17, 15) is 8.42 Å². The summed E-state index contributed by atoms with van der Waals surface area (Å²) in [4.78, 5) is 0. The van der Waals surface area contributed by atoms with Crippen LogP contribution in [0, 0.1) is 12.5 Å². The van der Waals surface area contributed by atoms with Gasteiger partial charge in [-0.1, -0.05) is 20.3 Å². The van der Waals surface area contributed by atoms with Crippen LogP contribution in [0.2, 0.25) is 0 Å². The summed E-state index contributed by atoms with van der Waals surface area (Å²) in [6.45, 7) is 5.17. The monoisotopic (exact) mass is 151 g/mol. The van der Waals surface area contributed by atoms with Crippen LogP contribution in [0.15, 0.2) is 0 Å². The van der Waals surface area contributed by atoms with Crippen molar-refractivity contribution < 1.29 is 12.6 Å². The molecule has 0 aliphatic carbocycles. The SMILES string of the molecule is CCC(C)[CH]O[SH](=O)=O. The van der Waals surface area contributed by atoms with Crippen LogP contribution in [0.3, 0.4) is 0 Å². The van der Waals surface area contributed by atoms with Crippen LogP contribution in [0.4, 0.5) is 0 Å². The Hall–Kier alpha value is -0.0900. The van der Waals surface area contributed by atoms with Gasteiger partial charge in [-0.05, 0) is 5.92 Å². The molecule has 0 aliphatic rings. The molecule has 0 aliphatic heterocycles. The summed E-state index contributed by atoms with van der Waals surface area (Å²) in [5, 5.41) is 0. The molecular formula is C5H11O3S. The number of hydrogen-bond donors (Lipinski definition) is 1. The van der Waals surface area contributed by atoms with E-state index in [0.717, 1.165) is 6.42 Å². The van der Waals surface area contributed by atoms with Crippen molar-refractivity contribution in [2.24, 2.45) is 5.92 Å². The van der Waals surface area contributed by atoms with Gasteiger partial charge in [-0.3, -0.25) is 4.18 Å². The van der Waals surface area contributed by atoms with E-state index in [4.69, 9.17) is 0 Å². The molecule has 0 heterocycles. The van der Waals surface area contributed by atoms with Crippen LogP contribution in [0.25, 0.3) is 0 Å². The average molecular weight is 151 g/mol. The quantitative estimate of drug-likeness (QED) is 0.602. The smallest absolute Gasteiger partial charge is 0.257 e. The molecule has 0 aromatic heterocycles. The van der Waals surface area contributed by atoms with Crippen molar-refractivity contribution in [3.05, 3.63) is 6.61 Å². The molecule has 0 N–H and O–H groups in total. The minimum Gasteiger partial charge on any atom is -0.266 e. The summed E-state index contributed by atoms with van der Waals surface area (Å²) in [6.07, 6.45) is 0.892. The van der Waals surface area contributed by atoms with Gasteiger partial charge in [-0.25, -0.2) is 8.42 Å². The lowest BCUT2D eigenvalue weighted by Gasteiger charge is -2.01. The van der Waals surface area contributed by atoms with Crippen molar-refractivity contribution in [3.8, 4) is 0 Å². The molecule has 9 heavy (non-hydrogen) atoms. The first-order valence-electron chi connectivity index (χ1n) is 2.81. The van der Waals surface area contributed by atoms with Gasteiger partial charge in [-0.2, -0.15) is 0 Å². The van der Waals surface area contributed by atoms with Crippen LogP contribution in [0.1, 0.15) is 20.3 Å². The minimum atomic E-state index is -2.69. The van der Waals surface area contributed by atoms with Gasteiger partial charge in [0, 0.05) is 0 Å². The Kier molecular flexibility index (Phi) is 4.71. The standard InChI is InChI=1S/C5H11O3S/c1-3-5(2)4-8-9(6)7/h4-5,9H,3H2,1-2H3. The van der Waals surface area contributed by atoms with Crippen LogP contribution in [-0.2, 0) is 15.2 Å². The first-order chi connectivity index (χ1) is 4.16. The first kappa shape index (κ1) is 8.91. The Morgan fingerprint density at radius 2 is 2.22 bits per heavy atom. The molecule has 3 nitrogen and oxygen atoms in total. The number of rotatable bonds is 4. The molecule has 0 bridgehead atoms. The van der Waals surface area contributed by atoms with Crippen LogP contribution in [-0.4, -0.2) is 8.42 Å².